The number of alkyl halides is 1. The Morgan fingerprint density at radius 1 is 1.64 bits per heavy atom. The fourth-order valence-electron chi connectivity index (χ4n) is 1.43. The Kier molecular flexibility index (Phi) is 3.80. The van der Waals surface area contributed by atoms with Gasteiger partial charge in [-0.1, -0.05) is 6.92 Å². The van der Waals surface area contributed by atoms with Crippen molar-refractivity contribution in [2.24, 2.45) is 5.92 Å². The summed E-state index contributed by atoms with van der Waals surface area (Å²) in [6, 6.07) is 0. The highest BCUT2D eigenvalue weighted by molar-refractivity contribution is 4.78. The van der Waals surface area contributed by atoms with Crippen molar-refractivity contribution in [1.29, 1.82) is 0 Å². The van der Waals surface area contributed by atoms with Crippen LogP contribution in [0.1, 0.15) is 13.3 Å². The number of halogens is 1. The van der Waals surface area contributed by atoms with Crippen LogP contribution < -0.4 is 10.6 Å². The van der Waals surface area contributed by atoms with Crippen LogP contribution in [0, 0.1) is 5.92 Å². The maximum Gasteiger partial charge on any atom is 0.117 e. The molecule has 2 unspecified atom stereocenters. The third-order valence-corrected chi connectivity index (χ3v) is 2.20. The van der Waals surface area contributed by atoms with Crippen molar-refractivity contribution in [2.45, 2.75) is 19.5 Å². The molecule has 0 aromatic rings. The molecule has 1 saturated heterocycles. The van der Waals surface area contributed by atoms with Crippen molar-refractivity contribution in [3.05, 3.63) is 0 Å². The van der Waals surface area contributed by atoms with Gasteiger partial charge < -0.3 is 10.6 Å². The average molecular weight is 160 g/mol. The van der Waals surface area contributed by atoms with E-state index in [1.165, 1.54) is 0 Å². The van der Waals surface area contributed by atoms with Crippen LogP contribution in [0.15, 0.2) is 0 Å². The number of rotatable bonds is 3. The molecular weight excluding hydrogens is 143 g/mol. The van der Waals surface area contributed by atoms with E-state index in [1.54, 1.807) is 0 Å². The first-order valence-corrected chi connectivity index (χ1v) is 4.40. The molecule has 2 atom stereocenters. The lowest BCUT2D eigenvalue weighted by Crippen LogP contribution is -2.42. The minimum atomic E-state index is -0.650. The fraction of sp³-hybridized carbons (Fsp3) is 1.00. The van der Waals surface area contributed by atoms with Crippen LogP contribution in [-0.4, -0.2) is 32.4 Å². The van der Waals surface area contributed by atoms with E-state index in [2.05, 4.69) is 10.6 Å². The molecule has 0 spiro atoms. The number of hydrogen-bond acceptors (Lipinski definition) is 2. The molecule has 66 valence electrons. The van der Waals surface area contributed by atoms with Gasteiger partial charge in [-0.2, -0.15) is 0 Å². The Bertz CT molecular complexity index is 108. The lowest BCUT2D eigenvalue weighted by molar-refractivity contribution is 0.177. The number of nitrogens with one attached hydrogen (secondary N) is 2. The SMILES string of the molecule is CCNCC1CCNCC1F. The van der Waals surface area contributed by atoms with E-state index in [4.69, 9.17) is 0 Å². The van der Waals surface area contributed by atoms with Gasteiger partial charge in [-0.25, -0.2) is 4.39 Å². The summed E-state index contributed by atoms with van der Waals surface area (Å²) in [5, 5.41) is 6.22. The van der Waals surface area contributed by atoms with E-state index >= 15 is 0 Å². The standard InChI is InChI=1S/C8H17FN2/c1-2-10-5-7-3-4-11-6-8(7)9/h7-8,10-11H,2-6H2,1H3. The van der Waals surface area contributed by atoms with Gasteiger partial charge in [0.2, 0.25) is 0 Å². The van der Waals surface area contributed by atoms with Gasteiger partial charge >= 0.3 is 0 Å². The molecule has 0 radical (unpaired) electrons. The van der Waals surface area contributed by atoms with Crippen LogP contribution in [-0.2, 0) is 0 Å². The molecule has 1 rings (SSSR count). The van der Waals surface area contributed by atoms with Crippen LogP contribution in [0.3, 0.4) is 0 Å². The largest absolute Gasteiger partial charge is 0.317 e. The maximum absolute atomic E-state index is 13.1. The van der Waals surface area contributed by atoms with E-state index in [0.717, 1.165) is 26.1 Å². The molecule has 2 N–H and O–H groups in total. The molecule has 1 heterocycles. The smallest absolute Gasteiger partial charge is 0.117 e. The molecule has 0 aliphatic carbocycles. The second kappa shape index (κ2) is 4.67. The summed E-state index contributed by atoms with van der Waals surface area (Å²) in [6.45, 7) is 5.33. The van der Waals surface area contributed by atoms with Crippen LogP contribution in [0.2, 0.25) is 0 Å². The first-order valence-electron chi connectivity index (χ1n) is 4.40. The third kappa shape index (κ3) is 2.75. The van der Waals surface area contributed by atoms with Gasteiger partial charge in [-0.05, 0) is 19.5 Å². The molecule has 0 aromatic carbocycles. The Morgan fingerprint density at radius 3 is 3.09 bits per heavy atom. The Morgan fingerprint density at radius 2 is 2.45 bits per heavy atom. The van der Waals surface area contributed by atoms with Gasteiger partial charge in [-0.15, -0.1) is 0 Å². The molecule has 1 aliphatic heterocycles. The van der Waals surface area contributed by atoms with E-state index < -0.39 is 6.17 Å². The third-order valence-electron chi connectivity index (χ3n) is 2.20. The highest BCUT2D eigenvalue weighted by atomic mass is 19.1. The normalized spacial score (nSPS) is 32.2. The zero-order valence-corrected chi connectivity index (χ0v) is 7.07. The fourth-order valence-corrected chi connectivity index (χ4v) is 1.43. The monoisotopic (exact) mass is 160 g/mol. The van der Waals surface area contributed by atoms with Crippen LogP contribution >= 0.6 is 0 Å². The van der Waals surface area contributed by atoms with Crippen molar-refractivity contribution >= 4 is 0 Å². The Labute approximate surface area is 67.6 Å². The lowest BCUT2D eigenvalue weighted by atomic mass is 9.96. The van der Waals surface area contributed by atoms with Crippen molar-refractivity contribution in [3.63, 3.8) is 0 Å². The van der Waals surface area contributed by atoms with Gasteiger partial charge in [0, 0.05) is 19.0 Å². The van der Waals surface area contributed by atoms with Gasteiger partial charge in [0.05, 0.1) is 0 Å². The highest BCUT2D eigenvalue weighted by Crippen LogP contribution is 2.14. The molecule has 0 aromatic heterocycles. The van der Waals surface area contributed by atoms with E-state index in [1.807, 2.05) is 6.92 Å². The summed E-state index contributed by atoms with van der Waals surface area (Å²) in [7, 11) is 0. The Hall–Kier alpha value is -0.150. The zero-order valence-electron chi connectivity index (χ0n) is 7.07. The molecule has 0 bridgehead atoms. The first-order chi connectivity index (χ1) is 5.34. The molecule has 0 amide bonds. The van der Waals surface area contributed by atoms with Gasteiger partial charge in [0.1, 0.15) is 6.17 Å². The summed E-state index contributed by atoms with van der Waals surface area (Å²) >= 11 is 0. The predicted octanol–water partition coefficient (Wildman–Crippen LogP) is 0.543. The highest BCUT2D eigenvalue weighted by Gasteiger charge is 2.23. The van der Waals surface area contributed by atoms with E-state index in [-0.39, 0.29) is 5.92 Å². The minimum Gasteiger partial charge on any atom is -0.317 e. The second-order valence-electron chi connectivity index (χ2n) is 3.08. The molecule has 0 saturated carbocycles. The van der Waals surface area contributed by atoms with Gasteiger partial charge in [-0.3, -0.25) is 0 Å². The van der Waals surface area contributed by atoms with Crippen molar-refractivity contribution < 1.29 is 4.39 Å². The zero-order chi connectivity index (χ0) is 8.10. The first kappa shape index (κ1) is 8.94. The Balaban J connectivity index is 2.18. The second-order valence-corrected chi connectivity index (χ2v) is 3.08. The van der Waals surface area contributed by atoms with Crippen LogP contribution in [0.5, 0.6) is 0 Å². The van der Waals surface area contributed by atoms with Gasteiger partial charge in [0.15, 0.2) is 0 Å². The topological polar surface area (TPSA) is 24.1 Å². The van der Waals surface area contributed by atoms with Crippen molar-refractivity contribution in [1.82, 2.24) is 10.6 Å². The molecule has 1 fully saturated rings. The summed E-state index contributed by atoms with van der Waals surface area (Å²) < 4.78 is 13.1. The van der Waals surface area contributed by atoms with Crippen molar-refractivity contribution in [3.8, 4) is 0 Å². The summed E-state index contributed by atoms with van der Waals surface area (Å²) in [4.78, 5) is 0. The summed E-state index contributed by atoms with van der Waals surface area (Å²) in [5.74, 6) is 0.233. The molecular formula is C8H17FN2. The van der Waals surface area contributed by atoms with Crippen LogP contribution in [0.25, 0.3) is 0 Å². The molecule has 1 aliphatic rings. The molecule has 11 heavy (non-hydrogen) atoms. The predicted molar refractivity (Wildman–Crippen MR) is 44.4 cm³/mol. The van der Waals surface area contributed by atoms with Gasteiger partial charge in [0.25, 0.3) is 0 Å². The number of hydrogen-bond donors (Lipinski definition) is 2. The average Bonchev–Trinajstić information content (AvgIpc) is 2.03. The lowest BCUT2D eigenvalue weighted by Gasteiger charge is -2.26. The molecule has 3 heteroatoms. The quantitative estimate of drug-likeness (QED) is 0.630. The number of piperidine rings is 1. The van der Waals surface area contributed by atoms with E-state index in [9.17, 15) is 4.39 Å². The summed E-state index contributed by atoms with van der Waals surface area (Å²) in [5.41, 5.74) is 0. The molecule has 2 nitrogen and oxygen atoms in total. The summed E-state index contributed by atoms with van der Waals surface area (Å²) in [6.07, 6.45) is 0.316. The minimum absolute atomic E-state index is 0.233. The maximum atomic E-state index is 13.1. The van der Waals surface area contributed by atoms with Crippen molar-refractivity contribution in [2.75, 3.05) is 26.2 Å². The van der Waals surface area contributed by atoms with Crippen LogP contribution in [0.4, 0.5) is 4.39 Å². The van der Waals surface area contributed by atoms with E-state index in [0.29, 0.717) is 6.54 Å².